The minimum Gasteiger partial charge on any atom is -0.493 e. The average Bonchev–Trinajstić information content (AvgIpc) is 3.52. The number of hydrogen-bond acceptors (Lipinski definition) is 9. The van der Waals surface area contributed by atoms with Gasteiger partial charge in [0.25, 0.3) is 0 Å². The Labute approximate surface area is 299 Å². The molecule has 1 amide bonds. The van der Waals surface area contributed by atoms with Crippen LogP contribution in [0.4, 0.5) is 0 Å². The van der Waals surface area contributed by atoms with Gasteiger partial charge in [-0.2, -0.15) is 0 Å². The van der Waals surface area contributed by atoms with Crippen molar-refractivity contribution >= 4 is 18.3 Å². The van der Waals surface area contributed by atoms with Crippen LogP contribution in [0.5, 0.6) is 11.5 Å². The maximum absolute atomic E-state index is 13.5. The number of ether oxygens (including phenoxy) is 3. The van der Waals surface area contributed by atoms with Gasteiger partial charge in [-0.15, -0.1) is 17.5 Å². The summed E-state index contributed by atoms with van der Waals surface area (Å²) in [5.41, 5.74) is 8.95. The van der Waals surface area contributed by atoms with Gasteiger partial charge >= 0.3 is 0 Å². The topological polar surface area (TPSA) is 147 Å². The van der Waals surface area contributed by atoms with E-state index in [-0.39, 0.29) is 41.5 Å². The first-order valence-corrected chi connectivity index (χ1v) is 17.1. The molecule has 4 N–H and O–H groups in total. The molecule has 0 fully saturated rings. The van der Waals surface area contributed by atoms with Gasteiger partial charge in [-0.25, -0.2) is 0 Å². The van der Waals surface area contributed by atoms with Crippen LogP contribution in [0.3, 0.4) is 0 Å². The van der Waals surface area contributed by atoms with Crippen molar-refractivity contribution in [3.8, 4) is 22.9 Å². The van der Waals surface area contributed by atoms with Crippen molar-refractivity contribution < 1.29 is 24.1 Å². The number of nitrogens with zero attached hydrogens (tertiary/aromatic N) is 4. The summed E-state index contributed by atoms with van der Waals surface area (Å²) in [6, 6.07) is 11.2. The van der Waals surface area contributed by atoms with E-state index in [4.69, 9.17) is 19.9 Å². The monoisotopic (exact) mass is 702 g/mol. The number of halogens is 1. The van der Waals surface area contributed by atoms with Crippen molar-refractivity contribution in [2.24, 2.45) is 34.8 Å². The molecular weight excluding hydrogens is 644 g/mol. The number of aliphatic hydroxyl groups is 1. The van der Waals surface area contributed by atoms with Crippen LogP contribution in [0.2, 0.25) is 0 Å². The first-order chi connectivity index (χ1) is 22.8. The summed E-state index contributed by atoms with van der Waals surface area (Å²) in [6.07, 6.45) is 5.29. The summed E-state index contributed by atoms with van der Waals surface area (Å²) < 4.78 is 18.4. The fourth-order valence-electron chi connectivity index (χ4n) is 5.82. The highest BCUT2D eigenvalue weighted by molar-refractivity contribution is 5.85. The highest BCUT2D eigenvalue weighted by Crippen LogP contribution is 2.32. The van der Waals surface area contributed by atoms with E-state index in [1.165, 1.54) is 0 Å². The molecule has 274 valence electrons. The summed E-state index contributed by atoms with van der Waals surface area (Å²) in [5.74, 6) is 1.56. The number of aliphatic hydroxyl groups excluding tert-OH is 1. The van der Waals surface area contributed by atoms with E-state index in [1.54, 1.807) is 25.1 Å². The van der Waals surface area contributed by atoms with Crippen LogP contribution in [0, 0.1) is 29.1 Å². The first kappa shape index (κ1) is 41.9. The van der Waals surface area contributed by atoms with Crippen molar-refractivity contribution in [2.75, 3.05) is 34.0 Å². The van der Waals surface area contributed by atoms with Gasteiger partial charge in [0.2, 0.25) is 5.91 Å². The van der Waals surface area contributed by atoms with E-state index in [2.05, 4.69) is 54.4 Å². The van der Waals surface area contributed by atoms with Gasteiger partial charge in [0.1, 0.15) is 5.69 Å². The summed E-state index contributed by atoms with van der Waals surface area (Å²) in [4.78, 5) is 17.8. The Bertz CT molecular complexity index is 1390. The second-order valence-corrected chi connectivity index (χ2v) is 14.3. The lowest BCUT2D eigenvalue weighted by molar-refractivity contribution is -0.128. The summed E-state index contributed by atoms with van der Waals surface area (Å²) in [5, 5.41) is 22.9. The highest BCUT2D eigenvalue weighted by Gasteiger charge is 2.31. The Balaban J connectivity index is 0.00000833. The smallest absolute Gasteiger partial charge is 0.223 e. The number of nitrogens with one attached hydrogen (secondary N) is 1. The van der Waals surface area contributed by atoms with Crippen molar-refractivity contribution in [3.05, 3.63) is 54.4 Å². The molecule has 0 radical (unpaired) electrons. The lowest BCUT2D eigenvalue weighted by atomic mass is 9.80. The lowest BCUT2D eigenvalue weighted by Gasteiger charge is -2.31. The van der Waals surface area contributed by atoms with Gasteiger partial charge in [-0.3, -0.25) is 14.5 Å². The first-order valence-electron chi connectivity index (χ1n) is 17.1. The van der Waals surface area contributed by atoms with Crippen LogP contribution < -0.4 is 20.5 Å². The number of hydrogen-bond donors (Lipinski definition) is 3. The quantitative estimate of drug-likeness (QED) is 0.121. The van der Waals surface area contributed by atoms with E-state index in [0.29, 0.717) is 62.3 Å². The Morgan fingerprint density at radius 3 is 2.41 bits per heavy atom. The molecule has 1 aromatic carbocycles. The lowest BCUT2D eigenvalue weighted by Crippen LogP contribution is -2.44. The van der Waals surface area contributed by atoms with Gasteiger partial charge in [-0.1, -0.05) is 58.9 Å². The molecule has 3 aromatic rings. The van der Waals surface area contributed by atoms with Gasteiger partial charge in [0.05, 0.1) is 31.7 Å². The SMILES string of the molecule is COCCCOc1cc(C[C@@H](C[C@H](N)[C@@H](O)C[C@H](C(=O)NCC(C)(C)Cn2cc(-c3ccccn3)nn2)C(C)C)C(C)C)ccc1OC.Cl. The molecule has 0 bridgehead atoms. The Kier molecular flexibility index (Phi) is 17.5. The van der Waals surface area contributed by atoms with Gasteiger partial charge in [-0.05, 0) is 66.8 Å². The van der Waals surface area contributed by atoms with Crippen LogP contribution >= 0.6 is 12.4 Å². The van der Waals surface area contributed by atoms with Crippen LogP contribution in [0.15, 0.2) is 48.8 Å². The second kappa shape index (κ2) is 20.4. The average molecular weight is 703 g/mol. The molecule has 12 heteroatoms. The van der Waals surface area contributed by atoms with Crippen LogP contribution in [0.1, 0.15) is 66.4 Å². The zero-order valence-corrected chi connectivity index (χ0v) is 31.4. The van der Waals surface area contributed by atoms with E-state index in [1.807, 2.05) is 50.4 Å². The van der Waals surface area contributed by atoms with Crippen LogP contribution in [-0.4, -0.2) is 77.1 Å². The zero-order valence-electron chi connectivity index (χ0n) is 30.6. The van der Waals surface area contributed by atoms with Crippen molar-refractivity contribution in [2.45, 2.75) is 85.9 Å². The number of methoxy groups -OCH3 is 2. The molecule has 2 aromatic heterocycles. The molecular formula is C37H59ClN6O5. The Hall–Kier alpha value is -3.25. The predicted molar refractivity (Wildman–Crippen MR) is 196 cm³/mol. The largest absolute Gasteiger partial charge is 0.493 e. The number of nitrogens with two attached hydrogens (primary N) is 1. The molecule has 11 nitrogen and oxygen atoms in total. The molecule has 4 atom stereocenters. The maximum Gasteiger partial charge on any atom is 0.223 e. The number of rotatable bonds is 21. The predicted octanol–water partition coefficient (Wildman–Crippen LogP) is 5.58. The minimum absolute atomic E-state index is 0. The minimum atomic E-state index is -0.812. The molecule has 0 aliphatic heterocycles. The van der Waals surface area contributed by atoms with Crippen molar-refractivity contribution in [3.63, 3.8) is 0 Å². The maximum atomic E-state index is 13.5. The van der Waals surface area contributed by atoms with E-state index in [9.17, 15) is 9.90 Å². The molecule has 0 saturated heterocycles. The number of carbonyl (C=O) groups is 1. The Morgan fingerprint density at radius 1 is 1.02 bits per heavy atom. The Morgan fingerprint density at radius 2 is 1.78 bits per heavy atom. The highest BCUT2D eigenvalue weighted by atomic mass is 35.5. The third kappa shape index (κ3) is 13.5. The normalized spacial score (nSPS) is 14.2. The summed E-state index contributed by atoms with van der Waals surface area (Å²) in [7, 11) is 3.31. The molecule has 0 saturated carbocycles. The standard InChI is InChI=1S/C37H58N6O5.ClH/c1-25(2)28(18-27-13-14-34(47-8)35(19-27)48-17-11-16-46-7)20-30(38)33(44)21-29(26(3)4)36(45)40-23-37(5,6)24-43-22-32(41-42-43)31-12-9-10-15-39-31;/h9-10,12-15,19,22,25-26,28-30,33,44H,11,16-18,20-21,23-24,38H2,1-8H3,(H,40,45);1H/t28-,29-,30-,33-;/m0./s1. The van der Waals surface area contributed by atoms with E-state index >= 15 is 0 Å². The fraction of sp³-hybridized carbons (Fsp3) is 0.622. The van der Waals surface area contributed by atoms with Crippen molar-refractivity contribution in [1.82, 2.24) is 25.3 Å². The van der Waals surface area contributed by atoms with Gasteiger partial charge in [0, 0.05) is 56.8 Å². The number of amides is 1. The number of pyridine rings is 1. The van der Waals surface area contributed by atoms with E-state index in [0.717, 1.165) is 24.1 Å². The van der Waals surface area contributed by atoms with Gasteiger partial charge < -0.3 is 30.4 Å². The zero-order chi connectivity index (χ0) is 35.3. The second-order valence-electron chi connectivity index (χ2n) is 14.3. The van der Waals surface area contributed by atoms with Crippen LogP contribution in [0.25, 0.3) is 11.4 Å². The summed E-state index contributed by atoms with van der Waals surface area (Å²) >= 11 is 0. The van der Waals surface area contributed by atoms with E-state index < -0.39 is 12.1 Å². The third-order valence-electron chi connectivity index (χ3n) is 8.92. The van der Waals surface area contributed by atoms with Crippen molar-refractivity contribution in [1.29, 1.82) is 0 Å². The fourth-order valence-corrected chi connectivity index (χ4v) is 5.82. The molecule has 2 heterocycles. The number of carbonyl (C=O) groups excluding carboxylic acids is 1. The molecule has 3 rings (SSSR count). The number of aromatic nitrogens is 4. The molecule has 49 heavy (non-hydrogen) atoms. The molecule has 0 spiro atoms. The molecule has 0 aliphatic carbocycles. The summed E-state index contributed by atoms with van der Waals surface area (Å²) in [6.45, 7) is 14.7. The number of benzene rings is 1. The third-order valence-corrected chi connectivity index (χ3v) is 8.92. The molecule has 0 unspecified atom stereocenters. The van der Waals surface area contributed by atoms with Crippen LogP contribution in [-0.2, 0) is 22.5 Å². The van der Waals surface area contributed by atoms with Gasteiger partial charge in [0.15, 0.2) is 11.5 Å². The molecule has 0 aliphatic rings.